The minimum atomic E-state index is -0.807. The van der Waals surface area contributed by atoms with Crippen molar-refractivity contribution in [2.75, 3.05) is 13.1 Å². The number of imidazole rings is 1. The predicted octanol–water partition coefficient (Wildman–Crippen LogP) is 2.56. The summed E-state index contributed by atoms with van der Waals surface area (Å²) in [4.78, 5) is 24.0. The zero-order valence-electron chi connectivity index (χ0n) is 18.7. The number of aromatic nitrogens is 3. The zero-order valence-corrected chi connectivity index (χ0v) is 18.7. The van der Waals surface area contributed by atoms with Crippen LogP contribution < -0.4 is 5.32 Å². The number of hydrogen-bond donors (Lipinski definition) is 2. The third-order valence-corrected chi connectivity index (χ3v) is 6.31. The third kappa shape index (κ3) is 4.89. The summed E-state index contributed by atoms with van der Waals surface area (Å²) >= 11 is 0. The van der Waals surface area contributed by atoms with E-state index >= 15 is 0 Å². The Hall–Kier alpha value is -3.03. The maximum atomic E-state index is 13.0. The van der Waals surface area contributed by atoms with Gasteiger partial charge in [0.15, 0.2) is 0 Å². The SMILES string of the molecule is Cc1cccc(CN2CC[C@@](NC(=O)CCn3ccnc3C)(c3ccccc3)[C@H](O)C2)n1. The van der Waals surface area contributed by atoms with Crippen molar-refractivity contribution in [1.29, 1.82) is 0 Å². The topological polar surface area (TPSA) is 83.3 Å². The molecule has 1 aromatic carbocycles. The van der Waals surface area contributed by atoms with Crippen LogP contribution in [0, 0.1) is 13.8 Å². The highest BCUT2D eigenvalue weighted by Gasteiger charge is 2.44. The van der Waals surface area contributed by atoms with Crippen molar-refractivity contribution in [2.45, 2.75) is 51.4 Å². The molecular weight excluding hydrogens is 402 g/mol. The number of aliphatic hydroxyl groups excluding tert-OH is 1. The Morgan fingerprint density at radius 3 is 2.69 bits per heavy atom. The second-order valence-corrected chi connectivity index (χ2v) is 8.57. The van der Waals surface area contributed by atoms with E-state index in [-0.39, 0.29) is 5.91 Å². The summed E-state index contributed by atoms with van der Waals surface area (Å²) in [6, 6.07) is 15.8. The second-order valence-electron chi connectivity index (χ2n) is 8.57. The van der Waals surface area contributed by atoms with Crippen LogP contribution in [-0.2, 0) is 23.4 Å². The van der Waals surface area contributed by atoms with Gasteiger partial charge in [-0.25, -0.2) is 4.98 Å². The standard InChI is InChI=1S/C25H31N5O2/c1-19-7-6-10-22(27-19)17-29-15-12-25(23(31)18-29,21-8-4-3-5-9-21)28-24(32)11-14-30-16-13-26-20(30)2/h3-10,13,16,23,31H,11-12,14-15,17-18H2,1-2H3,(H,28,32)/t23-,25-/m1/s1. The van der Waals surface area contributed by atoms with Crippen LogP contribution in [0.2, 0.25) is 0 Å². The summed E-state index contributed by atoms with van der Waals surface area (Å²) in [5, 5.41) is 14.5. The molecule has 7 nitrogen and oxygen atoms in total. The summed E-state index contributed by atoms with van der Waals surface area (Å²) in [5.41, 5.74) is 2.11. The van der Waals surface area contributed by atoms with E-state index in [9.17, 15) is 9.90 Å². The Balaban J connectivity index is 1.48. The molecule has 2 atom stereocenters. The molecular formula is C25H31N5O2. The number of aryl methyl sites for hydroxylation is 3. The Kier molecular flexibility index (Phi) is 6.67. The molecule has 2 aromatic heterocycles. The van der Waals surface area contributed by atoms with Crippen LogP contribution in [-0.4, -0.2) is 49.6 Å². The fraction of sp³-hybridized carbons (Fsp3) is 0.400. The molecule has 1 aliphatic rings. The maximum Gasteiger partial charge on any atom is 0.222 e. The molecule has 0 bridgehead atoms. The van der Waals surface area contributed by atoms with Gasteiger partial charge in [0.25, 0.3) is 0 Å². The van der Waals surface area contributed by atoms with E-state index in [1.165, 1.54) is 0 Å². The minimum Gasteiger partial charge on any atom is -0.389 e. The number of carbonyl (C=O) groups excluding carboxylic acids is 1. The van der Waals surface area contributed by atoms with Gasteiger partial charge in [-0.3, -0.25) is 14.7 Å². The van der Waals surface area contributed by atoms with Gasteiger partial charge in [0, 0.05) is 50.7 Å². The quantitative estimate of drug-likeness (QED) is 0.598. The van der Waals surface area contributed by atoms with Crippen molar-refractivity contribution in [3.05, 3.63) is 83.7 Å². The summed E-state index contributed by atoms with van der Waals surface area (Å²) in [6.45, 7) is 6.36. The van der Waals surface area contributed by atoms with Crippen molar-refractivity contribution >= 4 is 5.91 Å². The molecule has 0 radical (unpaired) electrons. The molecule has 1 fully saturated rings. The van der Waals surface area contributed by atoms with Crippen LogP contribution >= 0.6 is 0 Å². The van der Waals surface area contributed by atoms with Gasteiger partial charge < -0.3 is 15.0 Å². The molecule has 3 aromatic rings. The maximum absolute atomic E-state index is 13.0. The van der Waals surface area contributed by atoms with Gasteiger partial charge in [-0.15, -0.1) is 0 Å². The number of carbonyl (C=O) groups is 1. The van der Waals surface area contributed by atoms with Gasteiger partial charge in [0.05, 0.1) is 17.3 Å². The molecule has 1 amide bonds. The van der Waals surface area contributed by atoms with Crippen molar-refractivity contribution in [3.8, 4) is 0 Å². The molecule has 2 N–H and O–H groups in total. The molecule has 168 valence electrons. The second kappa shape index (κ2) is 9.63. The molecule has 7 heteroatoms. The highest BCUT2D eigenvalue weighted by Crippen LogP contribution is 2.34. The molecule has 1 saturated heterocycles. The number of hydrogen-bond acceptors (Lipinski definition) is 5. The van der Waals surface area contributed by atoms with E-state index in [1.54, 1.807) is 6.20 Å². The van der Waals surface area contributed by atoms with Crippen LogP contribution in [0.3, 0.4) is 0 Å². The Morgan fingerprint density at radius 2 is 2.00 bits per heavy atom. The number of rotatable bonds is 7. The third-order valence-electron chi connectivity index (χ3n) is 6.31. The first-order valence-corrected chi connectivity index (χ1v) is 11.1. The molecule has 0 spiro atoms. The van der Waals surface area contributed by atoms with Crippen molar-refractivity contribution in [3.63, 3.8) is 0 Å². The number of benzene rings is 1. The number of aliphatic hydroxyl groups is 1. The Morgan fingerprint density at radius 1 is 1.19 bits per heavy atom. The molecule has 0 aliphatic carbocycles. The first-order chi connectivity index (χ1) is 15.5. The normalized spacial score (nSPS) is 21.4. The fourth-order valence-corrected chi connectivity index (χ4v) is 4.52. The summed E-state index contributed by atoms with van der Waals surface area (Å²) in [7, 11) is 0. The monoisotopic (exact) mass is 433 g/mol. The molecule has 0 unspecified atom stereocenters. The van der Waals surface area contributed by atoms with Crippen LogP contribution in [0.15, 0.2) is 60.9 Å². The largest absolute Gasteiger partial charge is 0.389 e. The average molecular weight is 434 g/mol. The number of piperidine rings is 1. The first kappa shape index (κ1) is 22.2. The van der Waals surface area contributed by atoms with Crippen LogP contribution in [0.4, 0.5) is 0 Å². The lowest BCUT2D eigenvalue weighted by Gasteiger charge is -2.46. The van der Waals surface area contributed by atoms with Gasteiger partial charge in [0.2, 0.25) is 5.91 Å². The highest BCUT2D eigenvalue weighted by atomic mass is 16.3. The fourth-order valence-electron chi connectivity index (χ4n) is 4.52. The van der Waals surface area contributed by atoms with Gasteiger partial charge in [0.1, 0.15) is 5.82 Å². The summed E-state index contributed by atoms with van der Waals surface area (Å²) in [6.07, 6.45) is 3.83. The lowest BCUT2D eigenvalue weighted by molar-refractivity contribution is -0.127. The van der Waals surface area contributed by atoms with E-state index in [0.29, 0.717) is 32.5 Å². The van der Waals surface area contributed by atoms with E-state index in [2.05, 4.69) is 20.2 Å². The lowest BCUT2D eigenvalue weighted by atomic mass is 9.78. The summed E-state index contributed by atoms with van der Waals surface area (Å²) in [5.74, 6) is 0.809. The first-order valence-electron chi connectivity index (χ1n) is 11.1. The molecule has 4 rings (SSSR count). The van der Waals surface area contributed by atoms with Crippen LogP contribution in [0.25, 0.3) is 0 Å². The molecule has 3 heterocycles. The average Bonchev–Trinajstić information content (AvgIpc) is 3.20. The van der Waals surface area contributed by atoms with E-state index in [4.69, 9.17) is 0 Å². The van der Waals surface area contributed by atoms with E-state index < -0.39 is 11.6 Å². The predicted molar refractivity (Wildman–Crippen MR) is 123 cm³/mol. The number of amides is 1. The number of nitrogens with zero attached hydrogens (tertiary/aromatic N) is 4. The molecule has 0 saturated carbocycles. The minimum absolute atomic E-state index is 0.0743. The number of pyridine rings is 1. The molecule has 32 heavy (non-hydrogen) atoms. The van der Waals surface area contributed by atoms with Gasteiger partial charge >= 0.3 is 0 Å². The van der Waals surface area contributed by atoms with Crippen LogP contribution in [0.1, 0.15) is 35.6 Å². The summed E-state index contributed by atoms with van der Waals surface area (Å²) < 4.78 is 1.96. The van der Waals surface area contributed by atoms with E-state index in [1.807, 2.05) is 73.1 Å². The van der Waals surface area contributed by atoms with Crippen molar-refractivity contribution in [1.82, 2.24) is 24.8 Å². The smallest absolute Gasteiger partial charge is 0.222 e. The van der Waals surface area contributed by atoms with Gasteiger partial charge in [-0.2, -0.15) is 0 Å². The van der Waals surface area contributed by atoms with Crippen LogP contribution in [0.5, 0.6) is 0 Å². The highest BCUT2D eigenvalue weighted by molar-refractivity contribution is 5.77. The van der Waals surface area contributed by atoms with Crippen molar-refractivity contribution in [2.24, 2.45) is 0 Å². The number of β-amino-alcohol motifs (C(OH)–C–C–N with tert-alkyl or cyclic N) is 1. The van der Waals surface area contributed by atoms with Crippen molar-refractivity contribution < 1.29 is 9.90 Å². The lowest BCUT2D eigenvalue weighted by Crippen LogP contribution is -2.61. The van der Waals surface area contributed by atoms with Gasteiger partial charge in [-0.1, -0.05) is 36.4 Å². The Bertz CT molecular complexity index is 1050. The number of nitrogens with one attached hydrogen (secondary N) is 1. The van der Waals surface area contributed by atoms with Gasteiger partial charge in [-0.05, 0) is 38.0 Å². The zero-order chi connectivity index (χ0) is 22.6. The number of likely N-dealkylation sites (tertiary alicyclic amines) is 1. The molecule has 1 aliphatic heterocycles. The van der Waals surface area contributed by atoms with E-state index in [0.717, 1.165) is 29.3 Å². The Labute approximate surface area is 189 Å².